The van der Waals surface area contributed by atoms with Gasteiger partial charge >= 0.3 is 0 Å². The number of amidine groups is 1. The van der Waals surface area contributed by atoms with Crippen molar-refractivity contribution in [2.75, 3.05) is 25.0 Å². The molecule has 0 unspecified atom stereocenters. The van der Waals surface area contributed by atoms with Gasteiger partial charge in [0.2, 0.25) is 5.91 Å². The van der Waals surface area contributed by atoms with Crippen molar-refractivity contribution in [3.63, 3.8) is 0 Å². The van der Waals surface area contributed by atoms with E-state index >= 15 is 0 Å². The summed E-state index contributed by atoms with van der Waals surface area (Å²) in [6.45, 7) is 5.85. The number of hydrogen-bond donors (Lipinski definition) is 2. The second kappa shape index (κ2) is 11.0. The molecule has 174 valence electrons. The van der Waals surface area contributed by atoms with E-state index in [1.807, 2.05) is 49.4 Å². The number of hydrogen-bond acceptors (Lipinski definition) is 4. The quantitative estimate of drug-likeness (QED) is 0.346. The average molecular weight is 448 g/mol. The summed E-state index contributed by atoms with van der Waals surface area (Å²) in [5.41, 5.74) is 2.87. The van der Waals surface area contributed by atoms with Crippen molar-refractivity contribution in [2.24, 2.45) is 16.8 Å². The zero-order chi connectivity index (χ0) is 23.0. The maximum absolute atomic E-state index is 11.1. The molecule has 1 aliphatic rings. The highest BCUT2D eigenvalue weighted by Gasteiger charge is 2.21. The summed E-state index contributed by atoms with van der Waals surface area (Å²) in [5, 5.41) is 7.45. The molecule has 3 aromatic rings. The highest BCUT2D eigenvalue weighted by molar-refractivity contribution is 6.09. The highest BCUT2D eigenvalue weighted by atomic mass is 16.5. The Morgan fingerprint density at radius 1 is 1.06 bits per heavy atom. The van der Waals surface area contributed by atoms with Gasteiger partial charge in [0.1, 0.15) is 17.2 Å². The third kappa shape index (κ3) is 6.37. The van der Waals surface area contributed by atoms with Crippen molar-refractivity contribution in [3.8, 4) is 5.75 Å². The summed E-state index contributed by atoms with van der Waals surface area (Å²) in [6.07, 6.45) is 6.32. The first-order valence-electron chi connectivity index (χ1n) is 11.9. The number of carbonyl (C=O) groups excluding carboxylic acids is 1. The third-order valence-electron chi connectivity index (χ3n) is 6.25. The van der Waals surface area contributed by atoms with Crippen LogP contribution in [0.5, 0.6) is 5.75 Å². The van der Waals surface area contributed by atoms with Crippen LogP contribution in [0.2, 0.25) is 0 Å². The van der Waals surface area contributed by atoms with Crippen LogP contribution in [-0.4, -0.2) is 31.4 Å². The van der Waals surface area contributed by atoms with Crippen LogP contribution in [0.4, 0.5) is 5.69 Å². The molecule has 0 atom stereocenters. The molecule has 33 heavy (non-hydrogen) atoms. The molecule has 2 aromatic carbocycles. The van der Waals surface area contributed by atoms with Crippen molar-refractivity contribution in [1.29, 1.82) is 0 Å². The SMILES string of the molecule is CCN=C(Nc1ccc(OCC2CCC(CNC(C)=O)CC2)cc1)c1ccc2occc2c1. The zero-order valence-corrected chi connectivity index (χ0v) is 19.5. The number of aliphatic imine (C=N–C) groups is 1. The van der Waals surface area contributed by atoms with Gasteiger partial charge < -0.3 is 19.8 Å². The minimum atomic E-state index is 0.0607. The van der Waals surface area contributed by atoms with E-state index in [9.17, 15) is 4.79 Å². The van der Waals surface area contributed by atoms with Gasteiger partial charge in [0.05, 0.1) is 12.9 Å². The van der Waals surface area contributed by atoms with Gasteiger partial charge in [-0.3, -0.25) is 9.79 Å². The summed E-state index contributed by atoms with van der Waals surface area (Å²) in [5.74, 6) is 2.96. The fraction of sp³-hybridized carbons (Fsp3) is 0.407. The van der Waals surface area contributed by atoms with Crippen LogP contribution in [0, 0.1) is 11.8 Å². The van der Waals surface area contributed by atoms with Crippen molar-refractivity contribution >= 4 is 28.4 Å². The van der Waals surface area contributed by atoms with E-state index in [1.165, 1.54) is 0 Å². The van der Waals surface area contributed by atoms with E-state index in [0.29, 0.717) is 18.4 Å². The molecule has 0 aliphatic heterocycles. The van der Waals surface area contributed by atoms with Crippen molar-refractivity contribution in [1.82, 2.24) is 5.32 Å². The van der Waals surface area contributed by atoms with Gasteiger partial charge in [0.15, 0.2) is 0 Å². The molecule has 6 nitrogen and oxygen atoms in total. The number of nitrogens with zero attached hydrogens (tertiary/aromatic N) is 1. The Balaban J connectivity index is 1.29. The average Bonchev–Trinajstić information content (AvgIpc) is 3.30. The molecular weight excluding hydrogens is 414 g/mol. The number of benzene rings is 2. The Kier molecular flexibility index (Phi) is 7.66. The van der Waals surface area contributed by atoms with Gasteiger partial charge in [-0.1, -0.05) is 0 Å². The summed E-state index contributed by atoms with van der Waals surface area (Å²) in [6, 6.07) is 16.1. The minimum Gasteiger partial charge on any atom is -0.493 e. The first-order valence-corrected chi connectivity index (χ1v) is 11.9. The normalized spacial score (nSPS) is 18.8. The predicted octanol–water partition coefficient (Wildman–Crippen LogP) is 5.63. The fourth-order valence-corrected chi connectivity index (χ4v) is 4.35. The number of ether oxygens (including phenoxy) is 1. The lowest BCUT2D eigenvalue weighted by atomic mass is 9.82. The Labute approximate surface area is 195 Å². The van der Waals surface area contributed by atoms with Crippen molar-refractivity contribution in [2.45, 2.75) is 39.5 Å². The van der Waals surface area contributed by atoms with Gasteiger partial charge in [0.25, 0.3) is 0 Å². The Bertz CT molecular complexity index is 1080. The van der Waals surface area contributed by atoms with Gasteiger partial charge in [-0.2, -0.15) is 0 Å². The van der Waals surface area contributed by atoms with Gasteiger partial charge in [-0.25, -0.2) is 0 Å². The molecule has 1 aromatic heterocycles. The first kappa shape index (κ1) is 22.9. The molecule has 1 aliphatic carbocycles. The number of anilines is 1. The molecule has 1 fully saturated rings. The van der Waals surface area contributed by atoms with Crippen LogP contribution in [0.3, 0.4) is 0 Å². The van der Waals surface area contributed by atoms with Crippen LogP contribution < -0.4 is 15.4 Å². The maximum Gasteiger partial charge on any atom is 0.216 e. The Morgan fingerprint density at radius 2 is 1.82 bits per heavy atom. The molecule has 2 N–H and O–H groups in total. The molecule has 0 bridgehead atoms. The van der Waals surface area contributed by atoms with E-state index in [4.69, 9.17) is 9.15 Å². The zero-order valence-electron chi connectivity index (χ0n) is 19.5. The van der Waals surface area contributed by atoms with Crippen LogP contribution in [0.15, 0.2) is 64.2 Å². The number of rotatable bonds is 8. The van der Waals surface area contributed by atoms with Crippen LogP contribution in [0.1, 0.15) is 45.1 Å². The molecule has 0 spiro atoms. The number of nitrogens with one attached hydrogen (secondary N) is 2. The summed E-state index contributed by atoms with van der Waals surface area (Å²) >= 11 is 0. The lowest BCUT2D eigenvalue weighted by molar-refractivity contribution is -0.119. The second-order valence-corrected chi connectivity index (χ2v) is 8.78. The number of carbonyl (C=O) groups is 1. The van der Waals surface area contributed by atoms with Crippen LogP contribution in [-0.2, 0) is 4.79 Å². The smallest absolute Gasteiger partial charge is 0.216 e. The van der Waals surface area contributed by atoms with Crippen LogP contribution in [0.25, 0.3) is 11.0 Å². The van der Waals surface area contributed by atoms with E-state index in [0.717, 1.165) is 72.6 Å². The summed E-state index contributed by atoms with van der Waals surface area (Å²) < 4.78 is 11.5. The predicted molar refractivity (Wildman–Crippen MR) is 133 cm³/mol. The van der Waals surface area contributed by atoms with Crippen molar-refractivity contribution in [3.05, 3.63) is 60.4 Å². The van der Waals surface area contributed by atoms with Gasteiger partial charge in [-0.05, 0) is 93.0 Å². The summed E-state index contributed by atoms with van der Waals surface area (Å²) in [4.78, 5) is 15.7. The lowest BCUT2D eigenvalue weighted by Crippen LogP contribution is -2.30. The molecule has 1 heterocycles. The van der Waals surface area contributed by atoms with Crippen molar-refractivity contribution < 1.29 is 13.9 Å². The monoisotopic (exact) mass is 447 g/mol. The van der Waals surface area contributed by atoms with E-state index in [2.05, 4.69) is 21.7 Å². The van der Waals surface area contributed by atoms with E-state index in [1.54, 1.807) is 13.2 Å². The van der Waals surface area contributed by atoms with Gasteiger partial charge in [-0.15, -0.1) is 0 Å². The molecule has 1 saturated carbocycles. The lowest BCUT2D eigenvalue weighted by Gasteiger charge is -2.28. The molecule has 0 saturated heterocycles. The fourth-order valence-electron chi connectivity index (χ4n) is 4.35. The maximum atomic E-state index is 11.1. The molecule has 4 rings (SSSR count). The number of amides is 1. The standard InChI is InChI=1S/C27H33N3O3/c1-3-28-27(23-8-13-26-22(16-23)14-15-32-26)30-24-9-11-25(12-10-24)33-18-21-6-4-20(5-7-21)17-29-19(2)31/h8-16,20-21H,3-7,17-18H2,1-2H3,(H,28,30)(H,29,31). The number of fused-ring (bicyclic) bond motifs is 1. The minimum absolute atomic E-state index is 0.0607. The molecule has 0 radical (unpaired) electrons. The molecule has 6 heteroatoms. The first-order chi connectivity index (χ1) is 16.1. The second-order valence-electron chi connectivity index (χ2n) is 8.78. The van der Waals surface area contributed by atoms with E-state index < -0.39 is 0 Å². The topological polar surface area (TPSA) is 75.9 Å². The van der Waals surface area contributed by atoms with Gasteiger partial charge in [0, 0.05) is 36.7 Å². The highest BCUT2D eigenvalue weighted by Crippen LogP contribution is 2.29. The summed E-state index contributed by atoms with van der Waals surface area (Å²) in [7, 11) is 0. The molecular formula is C27H33N3O3. The molecule has 1 amide bonds. The Hall–Kier alpha value is -3.28. The van der Waals surface area contributed by atoms with E-state index in [-0.39, 0.29) is 5.91 Å². The Morgan fingerprint density at radius 3 is 2.55 bits per heavy atom. The van der Waals surface area contributed by atoms with Crippen LogP contribution >= 0.6 is 0 Å². The third-order valence-corrected chi connectivity index (χ3v) is 6.25. The number of furan rings is 1. The largest absolute Gasteiger partial charge is 0.493 e.